The standard InChI is InChI=1S/C13H19FN2O2/c1-16(2)9-5-8-15-13(17)10-18-12-7-4-3-6-11(12)14/h3-4,6-7H,5,8-10H2,1-2H3,(H,15,17)/p+1. The number of benzene rings is 1. The Hall–Kier alpha value is -1.62. The van der Waals surface area contributed by atoms with Crippen LogP contribution in [0.2, 0.25) is 0 Å². The minimum absolute atomic E-state index is 0.102. The van der Waals surface area contributed by atoms with Crippen LogP contribution >= 0.6 is 0 Å². The van der Waals surface area contributed by atoms with Gasteiger partial charge in [0.15, 0.2) is 18.2 Å². The van der Waals surface area contributed by atoms with Gasteiger partial charge in [0.25, 0.3) is 5.91 Å². The maximum atomic E-state index is 13.2. The molecule has 1 rings (SSSR count). The summed E-state index contributed by atoms with van der Waals surface area (Å²) in [4.78, 5) is 12.7. The van der Waals surface area contributed by atoms with E-state index in [2.05, 4.69) is 19.4 Å². The van der Waals surface area contributed by atoms with E-state index in [1.165, 1.54) is 17.0 Å². The number of ether oxygens (including phenoxy) is 1. The second kappa shape index (κ2) is 7.66. The van der Waals surface area contributed by atoms with Crippen LogP contribution < -0.4 is 15.0 Å². The molecule has 1 amide bonds. The van der Waals surface area contributed by atoms with E-state index < -0.39 is 5.82 Å². The van der Waals surface area contributed by atoms with Crippen molar-refractivity contribution in [3.05, 3.63) is 30.1 Å². The number of hydrogen-bond acceptors (Lipinski definition) is 2. The fraction of sp³-hybridized carbons (Fsp3) is 0.462. The van der Waals surface area contributed by atoms with Crippen LogP contribution in [0.5, 0.6) is 5.75 Å². The number of para-hydroxylation sites is 1. The molecular weight excluding hydrogens is 235 g/mol. The molecule has 100 valence electrons. The molecule has 0 aliphatic heterocycles. The molecule has 18 heavy (non-hydrogen) atoms. The molecule has 1 aromatic rings. The normalized spacial score (nSPS) is 10.4. The van der Waals surface area contributed by atoms with Crippen molar-refractivity contribution >= 4 is 5.91 Å². The second-order valence-corrected chi connectivity index (χ2v) is 4.38. The molecule has 2 N–H and O–H groups in total. The summed E-state index contributed by atoms with van der Waals surface area (Å²) < 4.78 is 18.3. The summed E-state index contributed by atoms with van der Waals surface area (Å²) >= 11 is 0. The van der Waals surface area contributed by atoms with Gasteiger partial charge in [-0.2, -0.15) is 0 Å². The van der Waals surface area contributed by atoms with Crippen LogP contribution in [0.25, 0.3) is 0 Å². The van der Waals surface area contributed by atoms with Crippen LogP contribution in [0.4, 0.5) is 4.39 Å². The van der Waals surface area contributed by atoms with Gasteiger partial charge in [-0.05, 0) is 12.1 Å². The largest absolute Gasteiger partial charge is 0.481 e. The van der Waals surface area contributed by atoms with Crippen LogP contribution in [0.15, 0.2) is 24.3 Å². The average molecular weight is 255 g/mol. The molecule has 0 radical (unpaired) electrons. The van der Waals surface area contributed by atoms with Gasteiger partial charge in [-0.3, -0.25) is 4.79 Å². The monoisotopic (exact) mass is 255 g/mol. The Bertz CT molecular complexity index is 383. The fourth-order valence-corrected chi connectivity index (χ4v) is 1.43. The molecule has 0 fully saturated rings. The van der Waals surface area contributed by atoms with Crippen LogP contribution in [-0.2, 0) is 4.79 Å². The lowest BCUT2D eigenvalue weighted by molar-refractivity contribution is -0.858. The Morgan fingerprint density at radius 3 is 2.78 bits per heavy atom. The predicted octanol–water partition coefficient (Wildman–Crippen LogP) is -0.145. The first-order chi connectivity index (χ1) is 8.59. The van der Waals surface area contributed by atoms with Crippen molar-refractivity contribution in [3.8, 4) is 5.75 Å². The van der Waals surface area contributed by atoms with Crippen LogP contribution in [0, 0.1) is 5.82 Å². The number of hydrogen-bond donors (Lipinski definition) is 2. The highest BCUT2D eigenvalue weighted by atomic mass is 19.1. The lowest BCUT2D eigenvalue weighted by Gasteiger charge is -2.09. The van der Waals surface area contributed by atoms with Gasteiger partial charge >= 0.3 is 0 Å². The molecule has 0 aliphatic carbocycles. The first-order valence-electron chi connectivity index (χ1n) is 6.02. The summed E-state index contributed by atoms with van der Waals surface area (Å²) in [7, 11) is 4.12. The zero-order valence-electron chi connectivity index (χ0n) is 10.8. The predicted molar refractivity (Wildman–Crippen MR) is 67.2 cm³/mol. The van der Waals surface area contributed by atoms with Crippen molar-refractivity contribution in [3.63, 3.8) is 0 Å². The second-order valence-electron chi connectivity index (χ2n) is 4.38. The molecular formula is C13H20FN2O2+. The van der Waals surface area contributed by atoms with E-state index in [4.69, 9.17) is 4.74 Å². The summed E-state index contributed by atoms with van der Waals surface area (Å²) in [6.07, 6.45) is 0.910. The minimum atomic E-state index is -0.457. The van der Waals surface area contributed by atoms with Crippen molar-refractivity contribution in [2.75, 3.05) is 33.8 Å². The lowest BCUT2D eigenvalue weighted by atomic mass is 10.3. The van der Waals surface area contributed by atoms with E-state index >= 15 is 0 Å². The molecule has 1 aromatic carbocycles. The summed E-state index contributed by atoms with van der Waals surface area (Å²) in [5, 5.41) is 2.73. The molecule has 0 bridgehead atoms. The highest BCUT2D eigenvalue weighted by Gasteiger charge is 2.05. The van der Waals surface area contributed by atoms with Crippen LogP contribution in [0.3, 0.4) is 0 Å². The SMILES string of the molecule is C[NH+](C)CCCNC(=O)COc1ccccc1F. The van der Waals surface area contributed by atoms with Crippen molar-refractivity contribution in [2.24, 2.45) is 0 Å². The first-order valence-corrected chi connectivity index (χ1v) is 6.02. The number of quaternary nitrogens is 1. The molecule has 0 unspecified atom stereocenters. The Kier molecular flexibility index (Phi) is 6.14. The van der Waals surface area contributed by atoms with E-state index in [1.54, 1.807) is 12.1 Å². The summed E-state index contributed by atoms with van der Waals surface area (Å²) in [5.74, 6) is -0.584. The topological polar surface area (TPSA) is 42.8 Å². The van der Waals surface area contributed by atoms with E-state index in [0.717, 1.165) is 13.0 Å². The Balaban J connectivity index is 2.19. The average Bonchev–Trinajstić information content (AvgIpc) is 2.33. The van der Waals surface area contributed by atoms with Gasteiger partial charge in [-0.1, -0.05) is 12.1 Å². The van der Waals surface area contributed by atoms with Crippen LogP contribution in [-0.4, -0.2) is 39.7 Å². The van der Waals surface area contributed by atoms with Gasteiger partial charge in [0, 0.05) is 13.0 Å². The molecule has 4 nitrogen and oxygen atoms in total. The van der Waals surface area contributed by atoms with E-state index in [0.29, 0.717) is 6.54 Å². The zero-order valence-corrected chi connectivity index (χ0v) is 10.8. The number of carbonyl (C=O) groups is 1. The molecule has 0 saturated carbocycles. The lowest BCUT2D eigenvalue weighted by Crippen LogP contribution is -3.05. The molecule has 0 aromatic heterocycles. The Morgan fingerprint density at radius 1 is 1.39 bits per heavy atom. The number of carbonyl (C=O) groups excluding carboxylic acids is 1. The number of halogens is 1. The van der Waals surface area contributed by atoms with Gasteiger partial charge < -0.3 is 15.0 Å². The van der Waals surface area contributed by atoms with Crippen molar-refractivity contribution in [1.82, 2.24) is 5.32 Å². The molecule has 0 aliphatic rings. The van der Waals surface area contributed by atoms with Gasteiger partial charge in [0.05, 0.1) is 20.6 Å². The molecule has 5 heteroatoms. The number of amides is 1. The van der Waals surface area contributed by atoms with E-state index in [-0.39, 0.29) is 18.3 Å². The third-order valence-electron chi connectivity index (χ3n) is 2.37. The van der Waals surface area contributed by atoms with Crippen molar-refractivity contribution in [1.29, 1.82) is 0 Å². The van der Waals surface area contributed by atoms with Crippen molar-refractivity contribution in [2.45, 2.75) is 6.42 Å². The third kappa shape index (κ3) is 5.63. The quantitative estimate of drug-likeness (QED) is 0.666. The third-order valence-corrected chi connectivity index (χ3v) is 2.37. The first kappa shape index (κ1) is 14.4. The van der Waals surface area contributed by atoms with Crippen molar-refractivity contribution < 1.29 is 18.8 Å². The maximum Gasteiger partial charge on any atom is 0.257 e. The molecule has 0 saturated heterocycles. The van der Waals surface area contributed by atoms with E-state index in [9.17, 15) is 9.18 Å². The molecule has 0 heterocycles. The summed E-state index contributed by atoms with van der Waals surface area (Å²) in [6, 6.07) is 6.03. The smallest absolute Gasteiger partial charge is 0.257 e. The Morgan fingerprint density at radius 2 is 2.11 bits per heavy atom. The zero-order chi connectivity index (χ0) is 13.4. The highest BCUT2D eigenvalue weighted by Crippen LogP contribution is 2.14. The van der Waals surface area contributed by atoms with Gasteiger partial charge in [-0.15, -0.1) is 0 Å². The van der Waals surface area contributed by atoms with E-state index in [1.807, 2.05) is 0 Å². The van der Waals surface area contributed by atoms with Gasteiger partial charge in [0.1, 0.15) is 0 Å². The van der Waals surface area contributed by atoms with Crippen LogP contribution in [0.1, 0.15) is 6.42 Å². The highest BCUT2D eigenvalue weighted by molar-refractivity contribution is 5.77. The fourth-order valence-electron chi connectivity index (χ4n) is 1.43. The Labute approximate surface area is 107 Å². The number of rotatable bonds is 7. The maximum absolute atomic E-state index is 13.2. The summed E-state index contributed by atoms with van der Waals surface area (Å²) in [6.45, 7) is 1.45. The molecule has 0 spiro atoms. The van der Waals surface area contributed by atoms with Gasteiger partial charge in [-0.25, -0.2) is 4.39 Å². The minimum Gasteiger partial charge on any atom is -0.481 e. The summed E-state index contributed by atoms with van der Waals surface area (Å²) in [5.41, 5.74) is 0. The molecule has 0 atom stereocenters. The van der Waals surface area contributed by atoms with Gasteiger partial charge in [0.2, 0.25) is 0 Å². The number of nitrogens with one attached hydrogen (secondary N) is 2.